The number of nitrogens with one attached hydrogen (secondary N) is 1. The van der Waals surface area contributed by atoms with Crippen LogP contribution in [0.5, 0.6) is 0 Å². The maximum absolute atomic E-state index is 12.0. The molecule has 0 spiro atoms. The van der Waals surface area contributed by atoms with E-state index in [9.17, 15) is 9.59 Å². The van der Waals surface area contributed by atoms with Gasteiger partial charge in [-0.05, 0) is 23.6 Å². The lowest BCUT2D eigenvalue weighted by atomic mass is 10.00. The molecule has 0 bridgehead atoms. The number of halogens is 2. The van der Waals surface area contributed by atoms with Gasteiger partial charge in [-0.15, -0.1) is 12.4 Å². The first-order valence-electron chi connectivity index (χ1n) is 6.12. The van der Waals surface area contributed by atoms with Crippen LogP contribution in [0.1, 0.15) is 11.1 Å². The number of hydrogen-bond donors (Lipinski definition) is 2. The second-order valence-electron chi connectivity index (χ2n) is 4.42. The van der Waals surface area contributed by atoms with Gasteiger partial charge in [-0.2, -0.15) is 0 Å². The molecule has 110 valence electrons. The highest BCUT2D eigenvalue weighted by atomic mass is 79.9. The van der Waals surface area contributed by atoms with Gasteiger partial charge >= 0.3 is 0 Å². The fraction of sp³-hybridized carbons (Fsp3) is 0.385. The number of nitrogens with two attached hydrogens (primary N) is 1. The summed E-state index contributed by atoms with van der Waals surface area (Å²) in [6.45, 7) is 1.18. The molecule has 2 amide bonds. The number of amides is 2. The van der Waals surface area contributed by atoms with E-state index in [1.54, 1.807) is 4.90 Å². The van der Waals surface area contributed by atoms with Gasteiger partial charge in [0.25, 0.3) is 0 Å². The SMILES string of the molecule is Cl.NCC(=O)NCC(=O)N1CCc2c(Br)cccc2C1. The zero-order valence-corrected chi connectivity index (χ0v) is 13.3. The molecule has 0 fully saturated rings. The Balaban J connectivity index is 0.00000200. The maximum Gasteiger partial charge on any atom is 0.242 e. The van der Waals surface area contributed by atoms with Crippen LogP contribution in [0.3, 0.4) is 0 Å². The molecular weight excluding hydrogens is 346 g/mol. The molecule has 0 aromatic heterocycles. The summed E-state index contributed by atoms with van der Waals surface area (Å²) in [5.41, 5.74) is 7.59. The number of carbonyl (C=O) groups is 2. The van der Waals surface area contributed by atoms with E-state index < -0.39 is 0 Å². The van der Waals surface area contributed by atoms with Crippen LogP contribution in [0.15, 0.2) is 22.7 Å². The Morgan fingerprint density at radius 3 is 2.85 bits per heavy atom. The largest absolute Gasteiger partial charge is 0.346 e. The van der Waals surface area contributed by atoms with Crippen LogP contribution in [0.2, 0.25) is 0 Å². The van der Waals surface area contributed by atoms with E-state index in [4.69, 9.17) is 5.73 Å². The summed E-state index contributed by atoms with van der Waals surface area (Å²) < 4.78 is 1.09. The monoisotopic (exact) mass is 361 g/mol. The number of benzene rings is 1. The van der Waals surface area contributed by atoms with Crippen molar-refractivity contribution in [3.63, 3.8) is 0 Å². The lowest BCUT2D eigenvalue weighted by Crippen LogP contribution is -2.43. The molecule has 1 aliphatic rings. The van der Waals surface area contributed by atoms with Crippen molar-refractivity contribution in [3.8, 4) is 0 Å². The molecule has 1 aromatic rings. The molecule has 1 aromatic carbocycles. The third-order valence-electron chi connectivity index (χ3n) is 3.18. The second-order valence-corrected chi connectivity index (χ2v) is 5.28. The lowest BCUT2D eigenvalue weighted by Gasteiger charge is -2.29. The molecule has 7 heteroatoms. The predicted octanol–water partition coefficient (Wildman–Crippen LogP) is 0.830. The summed E-state index contributed by atoms with van der Waals surface area (Å²) in [7, 11) is 0. The molecule has 5 nitrogen and oxygen atoms in total. The van der Waals surface area contributed by atoms with Gasteiger partial charge in [0.1, 0.15) is 0 Å². The van der Waals surface area contributed by atoms with Crippen LogP contribution in [-0.4, -0.2) is 36.3 Å². The van der Waals surface area contributed by atoms with Crippen molar-refractivity contribution >= 4 is 40.2 Å². The van der Waals surface area contributed by atoms with Crippen LogP contribution >= 0.6 is 28.3 Å². The third kappa shape index (κ3) is 3.94. The highest BCUT2D eigenvalue weighted by molar-refractivity contribution is 9.10. The van der Waals surface area contributed by atoms with Gasteiger partial charge in [0, 0.05) is 17.6 Å². The molecule has 0 aliphatic carbocycles. The smallest absolute Gasteiger partial charge is 0.242 e. The van der Waals surface area contributed by atoms with Gasteiger partial charge < -0.3 is 16.0 Å². The minimum absolute atomic E-state index is 0. The van der Waals surface area contributed by atoms with Crippen LogP contribution in [-0.2, 0) is 22.6 Å². The molecule has 0 unspecified atom stereocenters. The van der Waals surface area contributed by atoms with Crippen molar-refractivity contribution in [1.82, 2.24) is 10.2 Å². The first-order chi connectivity index (χ1) is 9.11. The molecule has 0 radical (unpaired) electrons. The Hall–Kier alpha value is -1.11. The summed E-state index contributed by atoms with van der Waals surface area (Å²) in [5.74, 6) is -0.388. The standard InChI is InChI=1S/C13H16BrN3O2.ClH/c14-11-3-1-2-9-8-17(5-4-10(9)11)13(19)7-16-12(18)6-15;/h1-3H,4-8,15H2,(H,16,18);1H. The Morgan fingerprint density at radius 1 is 1.40 bits per heavy atom. The number of nitrogens with zero attached hydrogens (tertiary/aromatic N) is 1. The average molecular weight is 363 g/mol. The fourth-order valence-corrected chi connectivity index (χ4v) is 2.74. The molecule has 3 N–H and O–H groups in total. The summed E-state index contributed by atoms with van der Waals surface area (Å²) in [6, 6.07) is 6.00. The Morgan fingerprint density at radius 2 is 2.15 bits per heavy atom. The van der Waals surface area contributed by atoms with Gasteiger partial charge in [0.05, 0.1) is 13.1 Å². The van der Waals surface area contributed by atoms with E-state index in [-0.39, 0.29) is 37.3 Å². The summed E-state index contributed by atoms with van der Waals surface area (Å²) in [5, 5.41) is 2.50. The van der Waals surface area contributed by atoms with Gasteiger partial charge in [0.15, 0.2) is 0 Å². The Bertz CT molecular complexity index is 510. The van der Waals surface area contributed by atoms with E-state index in [0.29, 0.717) is 13.1 Å². The van der Waals surface area contributed by atoms with Crippen molar-refractivity contribution in [2.45, 2.75) is 13.0 Å². The van der Waals surface area contributed by atoms with Gasteiger partial charge in [-0.1, -0.05) is 28.1 Å². The summed E-state index contributed by atoms with van der Waals surface area (Å²) in [4.78, 5) is 24.8. The third-order valence-corrected chi connectivity index (χ3v) is 3.93. The van der Waals surface area contributed by atoms with Crippen LogP contribution in [0.25, 0.3) is 0 Å². The minimum Gasteiger partial charge on any atom is -0.346 e. The first kappa shape index (κ1) is 16.9. The number of rotatable bonds is 3. The Labute approximate surface area is 132 Å². The van der Waals surface area contributed by atoms with E-state index in [1.807, 2.05) is 18.2 Å². The predicted molar refractivity (Wildman–Crippen MR) is 82.6 cm³/mol. The number of fused-ring (bicyclic) bond motifs is 1. The molecule has 0 atom stereocenters. The zero-order chi connectivity index (χ0) is 13.8. The highest BCUT2D eigenvalue weighted by Gasteiger charge is 2.21. The molecular formula is C13H17BrClN3O2. The molecule has 1 heterocycles. The number of carbonyl (C=O) groups excluding carboxylic acids is 2. The molecule has 0 saturated carbocycles. The van der Waals surface area contributed by atoms with Crippen molar-refractivity contribution in [3.05, 3.63) is 33.8 Å². The van der Waals surface area contributed by atoms with Gasteiger partial charge in [0.2, 0.25) is 11.8 Å². The van der Waals surface area contributed by atoms with Crippen molar-refractivity contribution in [2.75, 3.05) is 19.6 Å². The second kappa shape index (κ2) is 7.61. The van der Waals surface area contributed by atoms with Crippen molar-refractivity contribution < 1.29 is 9.59 Å². The van der Waals surface area contributed by atoms with E-state index >= 15 is 0 Å². The lowest BCUT2D eigenvalue weighted by molar-refractivity contribution is -0.133. The van der Waals surface area contributed by atoms with E-state index in [1.165, 1.54) is 5.56 Å². The molecule has 0 saturated heterocycles. The Kier molecular flexibility index (Phi) is 6.45. The first-order valence-corrected chi connectivity index (χ1v) is 6.92. The fourth-order valence-electron chi connectivity index (χ4n) is 2.13. The van der Waals surface area contributed by atoms with Gasteiger partial charge in [-0.25, -0.2) is 0 Å². The van der Waals surface area contributed by atoms with Crippen molar-refractivity contribution in [1.29, 1.82) is 0 Å². The minimum atomic E-state index is -0.312. The quantitative estimate of drug-likeness (QED) is 0.836. The van der Waals surface area contributed by atoms with E-state index in [2.05, 4.69) is 21.2 Å². The number of hydrogen-bond acceptors (Lipinski definition) is 3. The van der Waals surface area contributed by atoms with E-state index in [0.717, 1.165) is 16.5 Å². The maximum atomic E-state index is 12.0. The summed E-state index contributed by atoms with van der Waals surface area (Å²) in [6.07, 6.45) is 0.827. The van der Waals surface area contributed by atoms with Crippen molar-refractivity contribution in [2.24, 2.45) is 5.73 Å². The molecule has 20 heavy (non-hydrogen) atoms. The topological polar surface area (TPSA) is 75.4 Å². The van der Waals surface area contributed by atoms with Crippen LogP contribution in [0, 0.1) is 0 Å². The normalized spacial score (nSPS) is 13.2. The average Bonchev–Trinajstić information content (AvgIpc) is 2.44. The van der Waals surface area contributed by atoms with Gasteiger partial charge in [-0.3, -0.25) is 9.59 Å². The molecule has 1 aliphatic heterocycles. The molecule has 2 rings (SSSR count). The van der Waals surface area contributed by atoms with Crippen LogP contribution < -0.4 is 11.1 Å². The van der Waals surface area contributed by atoms with Crippen LogP contribution in [0.4, 0.5) is 0 Å². The summed E-state index contributed by atoms with van der Waals surface area (Å²) >= 11 is 3.52. The highest BCUT2D eigenvalue weighted by Crippen LogP contribution is 2.26. The zero-order valence-electron chi connectivity index (χ0n) is 10.9.